The first-order valence-electron chi connectivity index (χ1n) is 7.42. The number of hydrogen-bond acceptors (Lipinski definition) is 2. The standard InChI is InChI=1S/C19H19NO2/c1-4-14-5-6-19(22-3)17(10-14)16-11-15-9-13(2)7-8-20(15)18(16)12-21/h5-12H,4H2,1-3H3. The van der Waals surface area contributed by atoms with Gasteiger partial charge < -0.3 is 9.14 Å². The first-order valence-corrected chi connectivity index (χ1v) is 7.42. The zero-order valence-electron chi connectivity index (χ0n) is 13.1. The monoisotopic (exact) mass is 293 g/mol. The van der Waals surface area contributed by atoms with E-state index in [0.29, 0.717) is 5.69 Å². The van der Waals surface area contributed by atoms with Crippen LogP contribution >= 0.6 is 0 Å². The number of fused-ring (bicyclic) bond motifs is 1. The summed E-state index contributed by atoms with van der Waals surface area (Å²) in [4.78, 5) is 11.7. The number of rotatable bonds is 4. The van der Waals surface area contributed by atoms with E-state index in [2.05, 4.69) is 25.1 Å². The number of aryl methyl sites for hydroxylation is 2. The molecule has 3 rings (SSSR count). The Morgan fingerprint density at radius 3 is 2.64 bits per heavy atom. The van der Waals surface area contributed by atoms with E-state index >= 15 is 0 Å². The molecule has 0 atom stereocenters. The lowest BCUT2D eigenvalue weighted by Gasteiger charge is -2.10. The van der Waals surface area contributed by atoms with Gasteiger partial charge in [0.25, 0.3) is 0 Å². The molecule has 0 radical (unpaired) electrons. The molecular formula is C19H19NO2. The average molecular weight is 293 g/mol. The van der Waals surface area contributed by atoms with Crippen molar-refractivity contribution in [3.63, 3.8) is 0 Å². The number of methoxy groups -OCH3 is 1. The highest BCUT2D eigenvalue weighted by Crippen LogP contribution is 2.35. The number of aromatic nitrogens is 1. The second-order valence-electron chi connectivity index (χ2n) is 5.45. The summed E-state index contributed by atoms with van der Waals surface area (Å²) in [5.74, 6) is 0.785. The highest BCUT2D eigenvalue weighted by Gasteiger charge is 2.15. The lowest BCUT2D eigenvalue weighted by molar-refractivity contribution is 0.111. The lowest BCUT2D eigenvalue weighted by Crippen LogP contribution is -1.95. The van der Waals surface area contributed by atoms with Crippen LogP contribution in [0.1, 0.15) is 28.5 Å². The molecule has 0 aliphatic carbocycles. The van der Waals surface area contributed by atoms with Crippen LogP contribution in [0.4, 0.5) is 0 Å². The van der Waals surface area contributed by atoms with E-state index in [1.54, 1.807) is 7.11 Å². The molecule has 0 unspecified atom stereocenters. The number of aldehydes is 1. The molecule has 22 heavy (non-hydrogen) atoms. The summed E-state index contributed by atoms with van der Waals surface area (Å²) >= 11 is 0. The van der Waals surface area contributed by atoms with Crippen molar-refractivity contribution >= 4 is 11.8 Å². The van der Waals surface area contributed by atoms with E-state index in [1.807, 2.05) is 35.7 Å². The van der Waals surface area contributed by atoms with Crippen LogP contribution in [0.25, 0.3) is 16.6 Å². The number of pyridine rings is 1. The van der Waals surface area contributed by atoms with Crippen LogP contribution in [-0.2, 0) is 6.42 Å². The van der Waals surface area contributed by atoms with Crippen molar-refractivity contribution in [2.24, 2.45) is 0 Å². The summed E-state index contributed by atoms with van der Waals surface area (Å²) in [6, 6.07) is 12.3. The van der Waals surface area contributed by atoms with Gasteiger partial charge in [-0.2, -0.15) is 0 Å². The fraction of sp³-hybridized carbons (Fsp3) is 0.211. The molecule has 2 aromatic heterocycles. The number of carbonyl (C=O) groups is 1. The van der Waals surface area contributed by atoms with E-state index < -0.39 is 0 Å². The fourth-order valence-electron chi connectivity index (χ4n) is 2.83. The summed E-state index contributed by atoms with van der Waals surface area (Å²) in [7, 11) is 1.66. The minimum absolute atomic E-state index is 0.654. The smallest absolute Gasteiger partial charge is 0.167 e. The van der Waals surface area contributed by atoms with Gasteiger partial charge in [0.05, 0.1) is 12.8 Å². The topological polar surface area (TPSA) is 30.7 Å². The van der Waals surface area contributed by atoms with Gasteiger partial charge >= 0.3 is 0 Å². The molecule has 0 spiro atoms. The molecule has 3 nitrogen and oxygen atoms in total. The highest BCUT2D eigenvalue weighted by molar-refractivity contribution is 5.91. The summed E-state index contributed by atoms with van der Waals surface area (Å²) < 4.78 is 7.42. The number of hydrogen-bond donors (Lipinski definition) is 0. The maximum Gasteiger partial charge on any atom is 0.167 e. The molecule has 0 aliphatic rings. The molecule has 3 aromatic rings. The molecular weight excluding hydrogens is 274 g/mol. The second kappa shape index (κ2) is 5.68. The molecule has 0 bridgehead atoms. The molecule has 0 N–H and O–H groups in total. The van der Waals surface area contributed by atoms with E-state index in [0.717, 1.165) is 35.1 Å². The van der Waals surface area contributed by atoms with Crippen LogP contribution in [0.3, 0.4) is 0 Å². The van der Waals surface area contributed by atoms with Crippen LogP contribution in [0, 0.1) is 6.92 Å². The predicted octanol–water partition coefficient (Wildman–Crippen LogP) is 4.30. The van der Waals surface area contributed by atoms with E-state index in [-0.39, 0.29) is 0 Å². The van der Waals surface area contributed by atoms with E-state index in [4.69, 9.17) is 4.74 Å². The molecule has 0 fully saturated rings. The largest absolute Gasteiger partial charge is 0.496 e. The zero-order valence-corrected chi connectivity index (χ0v) is 13.1. The predicted molar refractivity (Wildman–Crippen MR) is 88.9 cm³/mol. The third-order valence-corrected chi connectivity index (χ3v) is 4.04. The molecule has 1 aromatic carbocycles. The van der Waals surface area contributed by atoms with Gasteiger partial charge in [-0.1, -0.05) is 13.0 Å². The van der Waals surface area contributed by atoms with Crippen molar-refractivity contribution in [1.29, 1.82) is 0 Å². The third-order valence-electron chi connectivity index (χ3n) is 4.04. The summed E-state index contributed by atoms with van der Waals surface area (Å²) in [6.07, 6.45) is 3.80. The first-order chi connectivity index (χ1) is 10.7. The normalized spacial score (nSPS) is 10.9. The van der Waals surface area contributed by atoms with Crippen molar-refractivity contribution in [1.82, 2.24) is 4.40 Å². The number of nitrogens with zero attached hydrogens (tertiary/aromatic N) is 1. The Morgan fingerprint density at radius 1 is 1.14 bits per heavy atom. The third kappa shape index (κ3) is 2.29. The van der Waals surface area contributed by atoms with Crippen molar-refractivity contribution in [3.8, 4) is 16.9 Å². The van der Waals surface area contributed by atoms with Crippen LogP contribution in [0.2, 0.25) is 0 Å². The summed E-state index contributed by atoms with van der Waals surface area (Å²) in [5.41, 5.74) is 5.93. The Kier molecular flexibility index (Phi) is 3.72. The molecule has 2 heterocycles. The van der Waals surface area contributed by atoms with Gasteiger partial charge in [-0.05, 0) is 54.8 Å². The number of carbonyl (C=O) groups excluding carboxylic acids is 1. The Bertz CT molecular complexity index is 846. The van der Waals surface area contributed by atoms with Crippen LogP contribution in [-0.4, -0.2) is 17.8 Å². The second-order valence-corrected chi connectivity index (χ2v) is 5.45. The van der Waals surface area contributed by atoms with Gasteiger partial charge in [-0.25, -0.2) is 0 Å². The minimum Gasteiger partial charge on any atom is -0.496 e. The molecule has 0 aliphatic heterocycles. The molecule has 3 heteroatoms. The van der Waals surface area contributed by atoms with Crippen LogP contribution in [0.15, 0.2) is 42.6 Å². The van der Waals surface area contributed by atoms with Gasteiger partial charge in [-0.15, -0.1) is 0 Å². The van der Waals surface area contributed by atoms with Gasteiger partial charge in [0.1, 0.15) is 5.75 Å². The Morgan fingerprint density at radius 2 is 1.95 bits per heavy atom. The summed E-state index contributed by atoms with van der Waals surface area (Å²) in [5, 5.41) is 0. The quantitative estimate of drug-likeness (QED) is 0.671. The molecule has 0 saturated heterocycles. The van der Waals surface area contributed by atoms with Gasteiger partial charge in [-0.3, -0.25) is 4.79 Å². The first kappa shape index (κ1) is 14.4. The number of benzene rings is 1. The van der Waals surface area contributed by atoms with Gasteiger partial charge in [0.2, 0.25) is 0 Å². The van der Waals surface area contributed by atoms with Gasteiger partial charge in [0, 0.05) is 22.8 Å². The highest BCUT2D eigenvalue weighted by atomic mass is 16.5. The number of ether oxygens (including phenoxy) is 1. The van der Waals surface area contributed by atoms with Gasteiger partial charge in [0.15, 0.2) is 6.29 Å². The molecule has 0 amide bonds. The summed E-state index contributed by atoms with van der Waals surface area (Å²) in [6.45, 7) is 4.16. The lowest BCUT2D eigenvalue weighted by atomic mass is 10.0. The Hall–Kier alpha value is -2.55. The Balaban J connectivity index is 2.32. The molecule has 0 saturated carbocycles. The van der Waals surface area contributed by atoms with Crippen molar-refractivity contribution < 1.29 is 9.53 Å². The van der Waals surface area contributed by atoms with Crippen LogP contribution in [0.5, 0.6) is 5.75 Å². The minimum atomic E-state index is 0.654. The van der Waals surface area contributed by atoms with Crippen molar-refractivity contribution in [3.05, 3.63) is 59.4 Å². The fourth-order valence-corrected chi connectivity index (χ4v) is 2.83. The maximum absolute atomic E-state index is 11.7. The zero-order chi connectivity index (χ0) is 15.7. The van der Waals surface area contributed by atoms with Crippen LogP contribution < -0.4 is 4.74 Å². The molecule has 112 valence electrons. The Labute approximate surface area is 130 Å². The SMILES string of the molecule is CCc1ccc(OC)c(-c2cc3cc(C)ccn3c2C=O)c1. The van der Waals surface area contributed by atoms with Crippen molar-refractivity contribution in [2.45, 2.75) is 20.3 Å². The van der Waals surface area contributed by atoms with Crippen molar-refractivity contribution in [2.75, 3.05) is 7.11 Å². The average Bonchev–Trinajstić information content (AvgIpc) is 2.91. The van der Waals surface area contributed by atoms with E-state index in [1.165, 1.54) is 11.1 Å². The van der Waals surface area contributed by atoms with E-state index in [9.17, 15) is 4.79 Å². The maximum atomic E-state index is 11.7.